The van der Waals surface area contributed by atoms with E-state index in [1.54, 1.807) is 0 Å². The normalized spacial score (nSPS) is 13.0. The third-order valence-corrected chi connectivity index (χ3v) is 4.27. The Kier molecular flexibility index (Phi) is 6.20. The Bertz CT molecular complexity index is 1160. The summed E-state index contributed by atoms with van der Waals surface area (Å²) in [5.74, 6) is -2.10. The van der Waals surface area contributed by atoms with Crippen LogP contribution in [-0.4, -0.2) is 36.4 Å². The van der Waals surface area contributed by atoms with Crippen molar-refractivity contribution >= 4 is 11.7 Å². The lowest BCUT2D eigenvalue weighted by Gasteiger charge is -2.16. The van der Waals surface area contributed by atoms with Gasteiger partial charge < -0.3 is 5.32 Å². The van der Waals surface area contributed by atoms with Gasteiger partial charge in [0.05, 0.1) is 17.2 Å². The van der Waals surface area contributed by atoms with Crippen LogP contribution < -0.4 is 5.32 Å². The summed E-state index contributed by atoms with van der Waals surface area (Å²) < 4.78 is 79.5. The molecule has 0 radical (unpaired) electrons. The van der Waals surface area contributed by atoms with Crippen molar-refractivity contribution in [1.82, 2.24) is 30.0 Å². The van der Waals surface area contributed by atoms with E-state index in [4.69, 9.17) is 0 Å². The SMILES string of the molecule is CC(=O)c1nc(C(C)NC(=O)c2cc(C(F)(F)F)cc(C(F)(F)F)c2)n(-c2ncccn2)n1. The van der Waals surface area contributed by atoms with Gasteiger partial charge in [-0.1, -0.05) is 0 Å². The first-order valence-electron chi connectivity index (χ1n) is 9.13. The predicted octanol–water partition coefficient (Wildman–Crippen LogP) is 3.79. The zero-order chi connectivity index (χ0) is 24.6. The number of amides is 1. The molecule has 1 amide bonds. The second-order valence-corrected chi connectivity index (χ2v) is 6.80. The molecule has 1 unspecified atom stereocenters. The lowest BCUT2D eigenvalue weighted by molar-refractivity contribution is -0.143. The molecule has 0 bridgehead atoms. The predicted molar refractivity (Wildman–Crippen MR) is 99.3 cm³/mol. The van der Waals surface area contributed by atoms with E-state index in [9.17, 15) is 35.9 Å². The first kappa shape index (κ1) is 23.8. The number of alkyl halides is 6. The van der Waals surface area contributed by atoms with Crippen molar-refractivity contribution in [3.63, 3.8) is 0 Å². The van der Waals surface area contributed by atoms with Crippen LogP contribution in [-0.2, 0) is 12.4 Å². The van der Waals surface area contributed by atoms with Crippen LogP contribution >= 0.6 is 0 Å². The van der Waals surface area contributed by atoms with Crippen LogP contribution in [0.5, 0.6) is 0 Å². The zero-order valence-corrected chi connectivity index (χ0v) is 16.9. The number of ketones is 1. The van der Waals surface area contributed by atoms with Gasteiger partial charge in [0.2, 0.25) is 5.82 Å². The van der Waals surface area contributed by atoms with Crippen molar-refractivity contribution in [2.45, 2.75) is 32.2 Å². The highest BCUT2D eigenvalue weighted by Crippen LogP contribution is 2.36. The maximum Gasteiger partial charge on any atom is 0.416 e. The van der Waals surface area contributed by atoms with E-state index in [0.29, 0.717) is 12.1 Å². The molecule has 1 aromatic carbocycles. The van der Waals surface area contributed by atoms with Crippen molar-refractivity contribution in [2.24, 2.45) is 0 Å². The van der Waals surface area contributed by atoms with Gasteiger partial charge in [-0.3, -0.25) is 9.59 Å². The van der Waals surface area contributed by atoms with Gasteiger partial charge in [-0.05, 0) is 31.2 Å². The summed E-state index contributed by atoms with van der Waals surface area (Å²) in [6.45, 7) is 2.53. The second-order valence-electron chi connectivity index (χ2n) is 6.80. The molecule has 8 nitrogen and oxygen atoms in total. The third-order valence-electron chi connectivity index (χ3n) is 4.27. The summed E-state index contributed by atoms with van der Waals surface area (Å²) in [6.07, 6.45) is -7.48. The van der Waals surface area contributed by atoms with Crippen molar-refractivity contribution in [3.8, 4) is 5.95 Å². The molecule has 1 atom stereocenters. The number of carbonyl (C=O) groups excluding carboxylic acids is 2. The molecule has 0 saturated carbocycles. The highest BCUT2D eigenvalue weighted by atomic mass is 19.4. The summed E-state index contributed by atoms with van der Waals surface area (Å²) >= 11 is 0. The highest BCUT2D eigenvalue weighted by Gasteiger charge is 2.37. The lowest BCUT2D eigenvalue weighted by atomic mass is 10.0. The third kappa shape index (κ3) is 5.32. The Morgan fingerprint density at radius 3 is 2.00 bits per heavy atom. The number of Topliss-reactive ketones (excluding diaryl/α,β-unsaturated/α-hetero) is 1. The fourth-order valence-corrected chi connectivity index (χ4v) is 2.73. The number of carbonyl (C=O) groups is 2. The topological polar surface area (TPSA) is 103 Å². The largest absolute Gasteiger partial charge is 0.416 e. The van der Waals surface area contributed by atoms with E-state index < -0.39 is 46.8 Å². The molecule has 3 rings (SSSR count). The van der Waals surface area contributed by atoms with E-state index in [1.807, 2.05) is 0 Å². The van der Waals surface area contributed by atoms with Crippen LogP contribution in [0.1, 0.15) is 57.8 Å². The Balaban J connectivity index is 1.98. The molecule has 0 spiro atoms. The molecule has 0 aliphatic rings. The minimum absolute atomic E-state index is 0.0213. The van der Waals surface area contributed by atoms with Crippen molar-refractivity contribution in [2.75, 3.05) is 0 Å². The van der Waals surface area contributed by atoms with Crippen molar-refractivity contribution < 1.29 is 35.9 Å². The maximum atomic E-state index is 13.1. The summed E-state index contributed by atoms with van der Waals surface area (Å²) in [4.78, 5) is 36.2. The molecule has 2 heterocycles. The first-order valence-corrected chi connectivity index (χ1v) is 9.13. The number of halogens is 6. The van der Waals surface area contributed by atoms with Gasteiger partial charge in [0.15, 0.2) is 11.6 Å². The standard InChI is InChI=1S/C19H14F6N6O2/c1-9(15-29-14(10(2)32)30-31(15)17-26-4-3-5-27-17)28-16(33)11-6-12(18(20,21)22)8-13(7-11)19(23,24)25/h3-9H,1-2H3,(H,28,33). The Morgan fingerprint density at radius 2 is 1.52 bits per heavy atom. The average Bonchev–Trinajstić information content (AvgIpc) is 3.19. The smallest absolute Gasteiger partial charge is 0.342 e. The molecule has 0 aliphatic carbocycles. The minimum Gasteiger partial charge on any atom is -0.342 e. The van der Waals surface area contributed by atoms with E-state index in [0.717, 1.165) is 4.68 Å². The fourth-order valence-electron chi connectivity index (χ4n) is 2.73. The number of nitrogens with one attached hydrogen (secondary N) is 1. The Labute approximate surface area is 181 Å². The summed E-state index contributed by atoms with van der Waals surface area (Å²) in [5.41, 5.74) is -4.12. The van der Waals surface area contributed by atoms with Crippen LogP contribution in [0, 0.1) is 0 Å². The van der Waals surface area contributed by atoms with Crippen LogP contribution in [0.2, 0.25) is 0 Å². The average molecular weight is 472 g/mol. The molecular formula is C19H14F6N6O2. The molecule has 174 valence electrons. The molecule has 0 aliphatic heterocycles. The second kappa shape index (κ2) is 8.60. The number of benzene rings is 1. The van der Waals surface area contributed by atoms with Gasteiger partial charge in [0, 0.05) is 24.9 Å². The summed E-state index contributed by atoms with van der Waals surface area (Å²) in [7, 11) is 0. The molecule has 1 N–H and O–H groups in total. The summed E-state index contributed by atoms with van der Waals surface area (Å²) in [6, 6.07) is 0.934. The Morgan fingerprint density at radius 1 is 0.970 bits per heavy atom. The van der Waals surface area contributed by atoms with Crippen LogP contribution in [0.4, 0.5) is 26.3 Å². The highest BCUT2D eigenvalue weighted by molar-refractivity contribution is 5.95. The number of hydrogen-bond donors (Lipinski definition) is 1. The van der Waals surface area contributed by atoms with Gasteiger partial charge in [0.1, 0.15) is 0 Å². The van der Waals surface area contributed by atoms with E-state index in [2.05, 4.69) is 25.4 Å². The van der Waals surface area contributed by atoms with Gasteiger partial charge in [-0.15, -0.1) is 5.10 Å². The van der Waals surface area contributed by atoms with E-state index in [1.165, 1.54) is 32.3 Å². The van der Waals surface area contributed by atoms with Crippen LogP contribution in [0.25, 0.3) is 5.95 Å². The number of hydrogen-bond acceptors (Lipinski definition) is 6. The summed E-state index contributed by atoms with van der Waals surface area (Å²) in [5, 5.41) is 6.22. The van der Waals surface area contributed by atoms with Gasteiger partial charge >= 0.3 is 12.4 Å². The molecular weight excluding hydrogens is 458 g/mol. The van der Waals surface area contributed by atoms with Crippen LogP contribution in [0.3, 0.4) is 0 Å². The number of rotatable bonds is 5. The van der Waals surface area contributed by atoms with Crippen molar-refractivity contribution in [1.29, 1.82) is 0 Å². The quantitative estimate of drug-likeness (QED) is 0.448. The lowest BCUT2D eigenvalue weighted by Crippen LogP contribution is -2.29. The molecule has 0 fully saturated rings. The molecule has 2 aromatic heterocycles. The van der Waals surface area contributed by atoms with Crippen LogP contribution in [0.15, 0.2) is 36.7 Å². The van der Waals surface area contributed by atoms with E-state index >= 15 is 0 Å². The van der Waals surface area contributed by atoms with Gasteiger partial charge in [-0.2, -0.15) is 31.0 Å². The maximum absolute atomic E-state index is 13.1. The van der Waals surface area contributed by atoms with Crippen molar-refractivity contribution in [3.05, 3.63) is 65.0 Å². The zero-order valence-electron chi connectivity index (χ0n) is 16.9. The molecule has 14 heteroatoms. The Hall–Kier alpha value is -3.84. The van der Waals surface area contributed by atoms with Gasteiger partial charge in [0.25, 0.3) is 11.9 Å². The first-order chi connectivity index (χ1) is 15.3. The fraction of sp³-hybridized carbons (Fsp3) is 0.263. The molecule has 3 aromatic rings. The molecule has 33 heavy (non-hydrogen) atoms. The van der Waals surface area contributed by atoms with Gasteiger partial charge in [-0.25, -0.2) is 15.0 Å². The molecule has 0 saturated heterocycles. The minimum atomic E-state index is -5.11. The number of nitrogens with zero attached hydrogens (tertiary/aromatic N) is 5. The monoisotopic (exact) mass is 472 g/mol. The number of aromatic nitrogens is 5. The van der Waals surface area contributed by atoms with E-state index in [-0.39, 0.29) is 23.7 Å².